The zero-order valence-electron chi connectivity index (χ0n) is 16.6. The fraction of sp³-hybridized carbons (Fsp3) is 0.0870. The second kappa shape index (κ2) is 8.01. The molecule has 0 aliphatic carbocycles. The molecule has 1 aromatic heterocycles. The zero-order valence-corrected chi connectivity index (χ0v) is 17.4. The molecule has 32 heavy (non-hydrogen) atoms. The van der Waals surface area contributed by atoms with E-state index in [0.29, 0.717) is 17.1 Å². The van der Waals surface area contributed by atoms with E-state index in [1.807, 2.05) is 6.07 Å². The number of halogens is 1. The van der Waals surface area contributed by atoms with E-state index in [4.69, 9.17) is 13.9 Å². The van der Waals surface area contributed by atoms with Gasteiger partial charge >= 0.3 is 0 Å². The van der Waals surface area contributed by atoms with Gasteiger partial charge in [0, 0.05) is 12.1 Å². The van der Waals surface area contributed by atoms with Crippen LogP contribution in [0.2, 0.25) is 0 Å². The molecule has 0 bridgehead atoms. The van der Waals surface area contributed by atoms with Crippen molar-refractivity contribution in [1.82, 2.24) is 4.98 Å². The van der Waals surface area contributed by atoms with Crippen LogP contribution in [0.5, 0.6) is 11.5 Å². The first-order valence-corrected chi connectivity index (χ1v) is 11.2. The average Bonchev–Trinajstić information content (AvgIpc) is 3.46. The molecule has 0 saturated carbocycles. The first-order valence-electron chi connectivity index (χ1n) is 9.70. The Morgan fingerprint density at radius 1 is 0.938 bits per heavy atom. The minimum atomic E-state index is -3.97. The fourth-order valence-corrected chi connectivity index (χ4v) is 4.56. The van der Waals surface area contributed by atoms with Crippen LogP contribution in [0, 0.1) is 5.82 Å². The molecular formula is C23H17FN2O5S. The van der Waals surface area contributed by atoms with E-state index in [9.17, 15) is 12.8 Å². The van der Waals surface area contributed by atoms with Crippen LogP contribution in [0.1, 0.15) is 5.56 Å². The summed E-state index contributed by atoms with van der Waals surface area (Å²) in [5.41, 5.74) is 1.28. The predicted octanol–water partition coefficient (Wildman–Crippen LogP) is 4.65. The van der Waals surface area contributed by atoms with Crippen LogP contribution in [-0.4, -0.2) is 20.2 Å². The van der Waals surface area contributed by atoms with Crippen molar-refractivity contribution in [2.75, 3.05) is 12.1 Å². The third-order valence-electron chi connectivity index (χ3n) is 4.89. The molecule has 0 radical (unpaired) electrons. The Kier molecular flexibility index (Phi) is 5.02. The number of hydrogen-bond donors (Lipinski definition) is 1. The minimum Gasteiger partial charge on any atom is -0.454 e. The molecule has 1 aliphatic heterocycles. The Hall–Kier alpha value is -3.85. The first kappa shape index (κ1) is 20.1. The summed E-state index contributed by atoms with van der Waals surface area (Å²) in [6.07, 6.45) is 0. The number of benzene rings is 3. The summed E-state index contributed by atoms with van der Waals surface area (Å²) >= 11 is 0. The van der Waals surface area contributed by atoms with E-state index in [1.54, 1.807) is 30.3 Å². The third kappa shape index (κ3) is 3.78. The summed E-state index contributed by atoms with van der Waals surface area (Å²) in [5, 5.41) is 2.77. The van der Waals surface area contributed by atoms with E-state index in [1.165, 1.54) is 36.4 Å². The number of aromatic nitrogens is 1. The van der Waals surface area contributed by atoms with Crippen molar-refractivity contribution in [2.24, 2.45) is 0 Å². The average molecular weight is 452 g/mol. The van der Waals surface area contributed by atoms with Gasteiger partial charge < -0.3 is 19.2 Å². The van der Waals surface area contributed by atoms with Crippen LogP contribution in [0.25, 0.3) is 11.5 Å². The van der Waals surface area contributed by atoms with Crippen LogP contribution >= 0.6 is 0 Å². The lowest BCUT2D eigenvalue weighted by Crippen LogP contribution is -2.07. The summed E-state index contributed by atoms with van der Waals surface area (Å²) in [5.74, 6) is 0.905. The van der Waals surface area contributed by atoms with Gasteiger partial charge in [0.1, 0.15) is 5.82 Å². The summed E-state index contributed by atoms with van der Waals surface area (Å²) < 4.78 is 56.3. The maximum absolute atomic E-state index is 13.3. The quantitative estimate of drug-likeness (QED) is 0.455. The maximum atomic E-state index is 13.3. The molecule has 4 aromatic rings. The Morgan fingerprint density at radius 3 is 2.47 bits per heavy atom. The van der Waals surface area contributed by atoms with Crippen molar-refractivity contribution < 1.29 is 26.7 Å². The van der Waals surface area contributed by atoms with Gasteiger partial charge in [0.05, 0.1) is 4.90 Å². The van der Waals surface area contributed by atoms with Crippen LogP contribution in [0.4, 0.5) is 10.3 Å². The van der Waals surface area contributed by atoms with Gasteiger partial charge in [-0.1, -0.05) is 24.3 Å². The molecule has 9 heteroatoms. The molecule has 0 saturated heterocycles. The Morgan fingerprint density at radius 2 is 1.69 bits per heavy atom. The topological polar surface area (TPSA) is 90.7 Å². The molecule has 3 aromatic carbocycles. The van der Waals surface area contributed by atoms with Gasteiger partial charge in [-0.15, -0.1) is 0 Å². The SMILES string of the molecule is O=S(=O)(c1ccccc1)c1nc(-c2ccc(F)cc2)oc1NCc1ccc2c(c1)OCO2. The monoisotopic (exact) mass is 452 g/mol. The second-order valence-corrected chi connectivity index (χ2v) is 8.88. The van der Waals surface area contributed by atoms with Gasteiger partial charge in [-0.25, -0.2) is 12.8 Å². The molecule has 1 N–H and O–H groups in total. The zero-order chi connectivity index (χ0) is 22.1. The molecule has 0 unspecified atom stereocenters. The smallest absolute Gasteiger partial charge is 0.234 e. The van der Waals surface area contributed by atoms with Crippen molar-refractivity contribution in [1.29, 1.82) is 0 Å². The van der Waals surface area contributed by atoms with E-state index in [2.05, 4.69) is 10.3 Å². The largest absolute Gasteiger partial charge is 0.454 e. The Labute approximate surface area is 183 Å². The Balaban J connectivity index is 1.51. The predicted molar refractivity (Wildman–Crippen MR) is 114 cm³/mol. The molecule has 0 amide bonds. The van der Waals surface area contributed by atoms with Crippen LogP contribution < -0.4 is 14.8 Å². The number of oxazole rings is 1. The molecule has 1 aliphatic rings. The Bertz CT molecular complexity index is 1370. The third-order valence-corrected chi connectivity index (χ3v) is 6.56. The summed E-state index contributed by atoms with van der Waals surface area (Å²) in [6.45, 7) is 0.417. The lowest BCUT2D eigenvalue weighted by molar-refractivity contribution is 0.174. The van der Waals surface area contributed by atoms with Crippen molar-refractivity contribution in [3.05, 3.63) is 84.2 Å². The molecule has 162 valence electrons. The van der Waals surface area contributed by atoms with E-state index in [0.717, 1.165) is 5.56 Å². The van der Waals surface area contributed by atoms with Gasteiger partial charge in [-0.05, 0) is 54.1 Å². The van der Waals surface area contributed by atoms with Gasteiger partial charge in [0.15, 0.2) is 11.5 Å². The molecule has 7 nitrogen and oxygen atoms in total. The number of sulfone groups is 1. The summed E-state index contributed by atoms with van der Waals surface area (Å²) in [6, 6.07) is 18.9. The lowest BCUT2D eigenvalue weighted by Gasteiger charge is -2.07. The number of nitrogens with one attached hydrogen (secondary N) is 1. The molecule has 5 rings (SSSR count). The number of anilines is 1. The van der Waals surface area contributed by atoms with Gasteiger partial charge in [-0.3, -0.25) is 0 Å². The molecule has 0 atom stereocenters. The number of nitrogens with zero attached hydrogens (tertiary/aromatic N) is 1. The minimum absolute atomic E-state index is 0.00848. The van der Waals surface area contributed by atoms with Crippen molar-refractivity contribution >= 4 is 15.7 Å². The summed E-state index contributed by atoms with van der Waals surface area (Å²) in [4.78, 5) is 4.33. The van der Waals surface area contributed by atoms with Crippen molar-refractivity contribution in [3.8, 4) is 23.0 Å². The van der Waals surface area contributed by atoms with Gasteiger partial charge in [0.25, 0.3) is 0 Å². The van der Waals surface area contributed by atoms with E-state index >= 15 is 0 Å². The molecule has 2 heterocycles. The van der Waals surface area contributed by atoms with E-state index < -0.39 is 15.7 Å². The lowest BCUT2D eigenvalue weighted by atomic mass is 10.2. The molecule has 0 spiro atoms. The molecular weight excluding hydrogens is 435 g/mol. The molecule has 0 fully saturated rings. The number of rotatable bonds is 6. The fourth-order valence-electron chi connectivity index (χ4n) is 3.26. The van der Waals surface area contributed by atoms with Crippen molar-refractivity contribution in [3.63, 3.8) is 0 Å². The van der Waals surface area contributed by atoms with Gasteiger partial charge in [-0.2, -0.15) is 4.98 Å². The highest BCUT2D eigenvalue weighted by Gasteiger charge is 2.28. The standard InChI is InChI=1S/C23H17FN2O5S/c24-17-9-7-16(8-10-17)21-26-23(32(27,28)18-4-2-1-3-5-18)22(31-21)25-13-15-6-11-19-20(12-15)30-14-29-19/h1-12,25H,13-14H2. The van der Waals surface area contributed by atoms with Crippen LogP contribution in [0.15, 0.2) is 87.1 Å². The highest BCUT2D eigenvalue weighted by molar-refractivity contribution is 7.91. The number of hydrogen-bond acceptors (Lipinski definition) is 7. The van der Waals surface area contributed by atoms with Gasteiger partial charge in [0.2, 0.25) is 33.4 Å². The summed E-state index contributed by atoms with van der Waals surface area (Å²) in [7, 11) is -3.97. The highest BCUT2D eigenvalue weighted by atomic mass is 32.2. The number of fused-ring (bicyclic) bond motifs is 1. The van der Waals surface area contributed by atoms with Crippen LogP contribution in [0.3, 0.4) is 0 Å². The van der Waals surface area contributed by atoms with Crippen molar-refractivity contribution in [2.45, 2.75) is 16.5 Å². The first-order chi connectivity index (χ1) is 15.5. The number of ether oxygens (including phenoxy) is 2. The van der Waals surface area contributed by atoms with Crippen LogP contribution in [-0.2, 0) is 16.4 Å². The highest BCUT2D eigenvalue weighted by Crippen LogP contribution is 2.35. The normalized spacial score (nSPS) is 12.7. The van der Waals surface area contributed by atoms with E-state index in [-0.39, 0.29) is 35.0 Å². The maximum Gasteiger partial charge on any atom is 0.234 e. The second-order valence-electron chi connectivity index (χ2n) is 7.02.